The van der Waals surface area contributed by atoms with Crippen LogP contribution >= 0.6 is 34.8 Å². The minimum atomic E-state index is -3.70. The van der Waals surface area contributed by atoms with Crippen LogP contribution in [0.4, 0.5) is 10.1 Å². The molecule has 0 aliphatic heterocycles. The molecule has 0 radical (unpaired) electrons. The topological polar surface area (TPSA) is 72.2 Å². The summed E-state index contributed by atoms with van der Waals surface area (Å²) in [6, 6.07) is 3.78. The van der Waals surface area contributed by atoms with Crippen LogP contribution in [0.3, 0.4) is 0 Å². The molecule has 0 aliphatic carbocycles. The second-order valence-corrected chi connectivity index (χ2v) is 7.07. The third-order valence-corrected chi connectivity index (χ3v) is 5.41. The highest BCUT2D eigenvalue weighted by Crippen LogP contribution is 2.22. The molecule has 1 aromatic rings. The van der Waals surface area contributed by atoms with E-state index in [2.05, 4.69) is 4.72 Å². The summed E-state index contributed by atoms with van der Waals surface area (Å²) < 4.78 is 39.8. The number of halogens is 2. The summed E-state index contributed by atoms with van der Waals surface area (Å²) in [4.78, 5) is -0.0814. The molecular formula is C10H12FIN2O2S2. The summed E-state index contributed by atoms with van der Waals surface area (Å²) in [5, 5.41) is -0.937. The zero-order valence-corrected chi connectivity index (χ0v) is 13.3. The predicted molar refractivity (Wildman–Crippen MR) is 82.5 cm³/mol. The Morgan fingerprint density at radius 2 is 2.22 bits per heavy atom. The molecule has 18 heavy (non-hydrogen) atoms. The lowest BCUT2D eigenvalue weighted by molar-refractivity contribution is 0.594. The van der Waals surface area contributed by atoms with Gasteiger partial charge in [-0.2, -0.15) is 0 Å². The van der Waals surface area contributed by atoms with Gasteiger partial charge in [0.2, 0.25) is 10.0 Å². The molecule has 0 saturated heterocycles. The average Bonchev–Trinajstić information content (AvgIpc) is 2.22. The van der Waals surface area contributed by atoms with Gasteiger partial charge >= 0.3 is 0 Å². The van der Waals surface area contributed by atoms with Crippen molar-refractivity contribution in [3.05, 3.63) is 27.6 Å². The molecule has 0 aromatic heterocycles. The van der Waals surface area contributed by atoms with Crippen molar-refractivity contribution in [3.63, 3.8) is 0 Å². The Morgan fingerprint density at radius 1 is 1.61 bits per heavy atom. The number of hydrogen-bond donors (Lipinski definition) is 2. The minimum absolute atomic E-state index is 0.0814. The van der Waals surface area contributed by atoms with Crippen LogP contribution in [0.5, 0.6) is 0 Å². The van der Waals surface area contributed by atoms with Crippen LogP contribution < -0.4 is 10.5 Å². The second-order valence-electron chi connectivity index (χ2n) is 3.57. The normalized spacial score (nSPS) is 13.1. The molecule has 100 valence electrons. The quantitative estimate of drug-likeness (QED) is 0.586. The highest BCUT2D eigenvalue weighted by Gasteiger charge is 2.26. The molecule has 0 bridgehead atoms. The highest BCUT2D eigenvalue weighted by atomic mass is 127. The third kappa shape index (κ3) is 3.75. The first kappa shape index (κ1) is 15.6. The molecule has 0 saturated carbocycles. The molecule has 0 amide bonds. The molecule has 0 spiro atoms. The van der Waals surface area contributed by atoms with Crippen LogP contribution in [0.15, 0.2) is 18.2 Å². The van der Waals surface area contributed by atoms with E-state index in [1.54, 1.807) is 6.92 Å². The smallest absolute Gasteiger partial charge is 0.242 e. The first-order valence-electron chi connectivity index (χ1n) is 5.04. The number of hydrogen-bond acceptors (Lipinski definition) is 3. The van der Waals surface area contributed by atoms with Crippen molar-refractivity contribution in [1.29, 1.82) is 0 Å². The fourth-order valence-electron chi connectivity index (χ4n) is 1.37. The van der Waals surface area contributed by atoms with Gasteiger partial charge in [0.25, 0.3) is 0 Å². The molecule has 0 heterocycles. The van der Waals surface area contributed by atoms with E-state index in [4.69, 9.17) is 18.0 Å². The maximum Gasteiger partial charge on any atom is 0.242 e. The maximum absolute atomic E-state index is 12.9. The molecule has 1 aromatic carbocycles. The van der Waals surface area contributed by atoms with Gasteiger partial charge in [-0.05, 0) is 47.2 Å². The Bertz CT molecular complexity index is 563. The molecule has 1 atom stereocenters. The van der Waals surface area contributed by atoms with Gasteiger partial charge in [0.15, 0.2) is 0 Å². The Kier molecular flexibility index (Phi) is 5.29. The van der Waals surface area contributed by atoms with E-state index in [0.29, 0.717) is 9.26 Å². The first-order valence-corrected chi connectivity index (χ1v) is 8.07. The maximum atomic E-state index is 12.9. The van der Waals surface area contributed by atoms with Crippen molar-refractivity contribution in [2.24, 2.45) is 5.73 Å². The van der Waals surface area contributed by atoms with Crippen LogP contribution in [0, 0.1) is 9.39 Å². The molecular weight excluding hydrogens is 390 g/mol. The zero-order valence-electron chi connectivity index (χ0n) is 9.48. The van der Waals surface area contributed by atoms with E-state index in [-0.39, 0.29) is 11.4 Å². The molecule has 1 rings (SSSR count). The van der Waals surface area contributed by atoms with Crippen LogP contribution in [-0.2, 0) is 10.0 Å². The molecule has 0 aliphatic rings. The third-order valence-electron chi connectivity index (χ3n) is 2.25. The van der Waals surface area contributed by atoms with E-state index < -0.39 is 21.1 Å². The molecule has 8 heteroatoms. The van der Waals surface area contributed by atoms with Crippen molar-refractivity contribution in [3.8, 4) is 0 Å². The molecule has 4 nitrogen and oxygen atoms in total. The zero-order chi connectivity index (χ0) is 13.9. The number of sulfonamides is 1. The van der Waals surface area contributed by atoms with Crippen LogP contribution in [0.1, 0.15) is 13.3 Å². The lowest BCUT2D eigenvalue weighted by Crippen LogP contribution is -2.37. The highest BCUT2D eigenvalue weighted by molar-refractivity contribution is 14.1. The predicted octanol–water partition coefficient (Wildman–Crippen LogP) is 2.24. The van der Waals surface area contributed by atoms with Crippen molar-refractivity contribution >= 4 is 55.5 Å². The second kappa shape index (κ2) is 6.11. The van der Waals surface area contributed by atoms with Crippen molar-refractivity contribution in [2.75, 3.05) is 4.72 Å². The molecule has 1 unspecified atom stereocenters. The van der Waals surface area contributed by atoms with Crippen molar-refractivity contribution in [2.45, 2.75) is 18.6 Å². The summed E-state index contributed by atoms with van der Waals surface area (Å²) in [7, 11) is -3.70. The summed E-state index contributed by atoms with van der Waals surface area (Å²) in [5.41, 5.74) is 5.71. The number of anilines is 1. The first-order chi connectivity index (χ1) is 8.27. The number of nitrogens with one attached hydrogen (secondary N) is 1. The number of benzene rings is 1. The SMILES string of the molecule is CCC(C(N)=S)S(=O)(=O)Nc1ccc(F)cc1I. The number of rotatable bonds is 5. The van der Waals surface area contributed by atoms with Crippen molar-refractivity contribution < 1.29 is 12.8 Å². The Morgan fingerprint density at radius 3 is 2.67 bits per heavy atom. The minimum Gasteiger partial charge on any atom is -0.392 e. The largest absolute Gasteiger partial charge is 0.392 e. The Balaban J connectivity index is 3.05. The van der Waals surface area contributed by atoms with E-state index in [1.807, 2.05) is 22.6 Å². The fraction of sp³-hybridized carbons (Fsp3) is 0.300. The molecule has 0 fully saturated rings. The van der Waals surface area contributed by atoms with E-state index in [9.17, 15) is 12.8 Å². The van der Waals surface area contributed by atoms with E-state index in [0.717, 1.165) is 0 Å². The van der Waals surface area contributed by atoms with Gasteiger partial charge in [-0.3, -0.25) is 4.72 Å². The monoisotopic (exact) mass is 402 g/mol. The van der Waals surface area contributed by atoms with Crippen molar-refractivity contribution in [1.82, 2.24) is 0 Å². The lowest BCUT2D eigenvalue weighted by atomic mass is 10.3. The van der Waals surface area contributed by atoms with Gasteiger partial charge in [0.05, 0.1) is 10.7 Å². The Hall–Kier alpha value is -0.480. The van der Waals surface area contributed by atoms with Crippen LogP contribution in [-0.4, -0.2) is 18.7 Å². The van der Waals surface area contributed by atoms with Crippen LogP contribution in [0.2, 0.25) is 0 Å². The lowest BCUT2D eigenvalue weighted by Gasteiger charge is -2.16. The fourth-order valence-corrected chi connectivity index (χ4v) is 4.08. The van der Waals surface area contributed by atoms with Gasteiger partial charge in [-0.15, -0.1) is 0 Å². The summed E-state index contributed by atoms with van der Waals surface area (Å²) in [5.74, 6) is -0.427. The summed E-state index contributed by atoms with van der Waals surface area (Å²) >= 11 is 6.58. The van der Waals surface area contributed by atoms with Gasteiger partial charge in [0.1, 0.15) is 11.1 Å². The number of nitrogens with two attached hydrogens (primary N) is 1. The standard InChI is InChI=1S/C10H12FIN2O2S2/c1-2-9(10(13)17)18(15,16)14-8-4-3-6(11)5-7(8)12/h3-5,9,14H,2H2,1H3,(H2,13,17). The van der Waals surface area contributed by atoms with Gasteiger partial charge in [-0.25, -0.2) is 12.8 Å². The summed E-state index contributed by atoms with van der Waals surface area (Å²) in [6.07, 6.45) is 0.280. The van der Waals surface area contributed by atoms with Gasteiger partial charge < -0.3 is 5.73 Å². The molecule has 3 N–H and O–H groups in total. The van der Waals surface area contributed by atoms with Gasteiger partial charge in [0, 0.05) is 3.57 Å². The number of thiocarbonyl (C=S) groups is 1. The summed E-state index contributed by atoms with van der Waals surface area (Å²) in [6.45, 7) is 1.68. The van der Waals surface area contributed by atoms with E-state index >= 15 is 0 Å². The Labute approximate surface area is 124 Å². The van der Waals surface area contributed by atoms with Crippen LogP contribution in [0.25, 0.3) is 0 Å². The average molecular weight is 402 g/mol. The van der Waals surface area contributed by atoms with Gasteiger partial charge in [-0.1, -0.05) is 19.1 Å². The van der Waals surface area contributed by atoms with E-state index in [1.165, 1.54) is 18.2 Å².